The minimum atomic E-state index is -0.191. The van der Waals surface area contributed by atoms with Crippen LogP contribution < -0.4 is 15.4 Å². The van der Waals surface area contributed by atoms with Crippen LogP contribution in [0.4, 0.5) is 4.39 Å². The summed E-state index contributed by atoms with van der Waals surface area (Å²) in [5, 5.41) is 6.44. The van der Waals surface area contributed by atoms with Crippen molar-refractivity contribution in [2.24, 2.45) is 4.99 Å². The van der Waals surface area contributed by atoms with Crippen molar-refractivity contribution in [3.05, 3.63) is 59.0 Å². The molecule has 142 valence electrons. The SMILES string of the molecule is CN=C(NCc1ccc(OC(C)C)nc1)NCc1ccc(F)c(C)c1.I. The molecule has 1 aromatic carbocycles. The lowest BCUT2D eigenvalue weighted by Gasteiger charge is -2.13. The summed E-state index contributed by atoms with van der Waals surface area (Å²) >= 11 is 0. The second-order valence-corrected chi connectivity index (χ2v) is 6.03. The summed E-state index contributed by atoms with van der Waals surface area (Å²) in [4.78, 5) is 8.47. The summed E-state index contributed by atoms with van der Waals surface area (Å²) in [5.41, 5.74) is 2.66. The normalized spacial score (nSPS) is 11.1. The molecule has 0 fully saturated rings. The fraction of sp³-hybridized carbons (Fsp3) is 0.368. The highest BCUT2D eigenvalue weighted by Crippen LogP contribution is 2.10. The molecule has 0 unspecified atom stereocenters. The molecule has 0 aliphatic carbocycles. The molecule has 0 aliphatic rings. The van der Waals surface area contributed by atoms with Crippen molar-refractivity contribution in [2.45, 2.75) is 40.0 Å². The second-order valence-electron chi connectivity index (χ2n) is 6.03. The number of pyridine rings is 1. The predicted octanol–water partition coefficient (Wildman–Crippen LogP) is 3.80. The third-order valence-electron chi connectivity index (χ3n) is 3.52. The average Bonchev–Trinajstić information content (AvgIpc) is 2.59. The summed E-state index contributed by atoms with van der Waals surface area (Å²) in [6, 6.07) is 8.89. The van der Waals surface area contributed by atoms with Gasteiger partial charge in [0.2, 0.25) is 5.88 Å². The van der Waals surface area contributed by atoms with E-state index in [2.05, 4.69) is 20.6 Å². The van der Waals surface area contributed by atoms with E-state index < -0.39 is 0 Å². The fourth-order valence-corrected chi connectivity index (χ4v) is 2.24. The summed E-state index contributed by atoms with van der Waals surface area (Å²) in [6.45, 7) is 6.85. The molecule has 5 nitrogen and oxygen atoms in total. The number of ether oxygens (including phenoxy) is 1. The molecular weight excluding hydrogens is 446 g/mol. The molecule has 0 radical (unpaired) electrons. The minimum Gasteiger partial charge on any atom is -0.475 e. The van der Waals surface area contributed by atoms with Crippen LogP contribution in [0.25, 0.3) is 0 Å². The highest BCUT2D eigenvalue weighted by molar-refractivity contribution is 14.0. The fourth-order valence-electron chi connectivity index (χ4n) is 2.24. The van der Waals surface area contributed by atoms with Crippen LogP contribution in [0, 0.1) is 12.7 Å². The maximum atomic E-state index is 13.3. The number of guanidine groups is 1. The van der Waals surface area contributed by atoms with Crippen molar-refractivity contribution >= 4 is 29.9 Å². The Morgan fingerprint density at radius 1 is 1.15 bits per heavy atom. The van der Waals surface area contributed by atoms with Gasteiger partial charge in [-0.15, -0.1) is 24.0 Å². The molecule has 2 rings (SSSR count). The quantitative estimate of drug-likeness (QED) is 0.382. The first-order chi connectivity index (χ1) is 12.0. The molecule has 0 saturated heterocycles. The van der Waals surface area contributed by atoms with Crippen LogP contribution in [0.2, 0.25) is 0 Å². The van der Waals surface area contributed by atoms with E-state index in [0.717, 1.165) is 11.1 Å². The molecule has 1 heterocycles. The van der Waals surface area contributed by atoms with E-state index >= 15 is 0 Å². The number of hydrogen-bond donors (Lipinski definition) is 2. The Kier molecular flexibility index (Phi) is 9.32. The summed E-state index contributed by atoms with van der Waals surface area (Å²) in [5.74, 6) is 1.10. The number of halogens is 2. The minimum absolute atomic E-state index is 0. The van der Waals surface area contributed by atoms with Crippen molar-refractivity contribution in [1.82, 2.24) is 15.6 Å². The van der Waals surface area contributed by atoms with Gasteiger partial charge in [-0.25, -0.2) is 9.37 Å². The van der Waals surface area contributed by atoms with E-state index in [1.54, 1.807) is 26.2 Å². The van der Waals surface area contributed by atoms with Gasteiger partial charge in [0.15, 0.2) is 5.96 Å². The Balaban J connectivity index is 0.00000338. The van der Waals surface area contributed by atoms with Crippen LogP contribution in [0.5, 0.6) is 5.88 Å². The number of nitrogens with one attached hydrogen (secondary N) is 2. The summed E-state index contributed by atoms with van der Waals surface area (Å²) in [7, 11) is 1.71. The van der Waals surface area contributed by atoms with Gasteiger partial charge in [0.05, 0.1) is 6.10 Å². The van der Waals surface area contributed by atoms with E-state index in [0.29, 0.717) is 30.5 Å². The lowest BCUT2D eigenvalue weighted by atomic mass is 10.1. The zero-order valence-electron chi connectivity index (χ0n) is 15.5. The molecule has 0 spiro atoms. The van der Waals surface area contributed by atoms with Crippen molar-refractivity contribution in [2.75, 3.05) is 7.05 Å². The maximum Gasteiger partial charge on any atom is 0.213 e. The first-order valence-electron chi connectivity index (χ1n) is 8.29. The topological polar surface area (TPSA) is 58.5 Å². The van der Waals surface area contributed by atoms with Crippen LogP contribution in [0.1, 0.15) is 30.5 Å². The molecule has 2 aromatic rings. The van der Waals surface area contributed by atoms with Gasteiger partial charge in [0, 0.05) is 32.4 Å². The Bertz CT molecular complexity index is 720. The van der Waals surface area contributed by atoms with Gasteiger partial charge < -0.3 is 15.4 Å². The number of hydrogen-bond acceptors (Lipinski definition) is 3. The van der Waals surface area contributed by atoms with E-state index in [9.17, 15) is 4.39 Å². The molecule has 26 heavy (non-hydrogen) atoms. The molecule has 0 atom stereocenters. The Labute approximate surface area is 171 Å². The number of aryl methyl sites for hydroxylation is 1. The van der Waals surface area contributed by atoms with Gasteiger partial charge in [-0.1, -0.05) is 18.2 Å². The molecular formula is C19H26FIN4O. The average molecular weight is 472 g/mol. The number of aromatic nitrogens is 1. The predicted molar refractivity (Wildman–Crippen MR) is 114 cm³/mol. The van der Waals surface area contributed by atoms with Gasteiger partial charge in [-0.05, 0) is 43.5 Å². The smallest absolute Gasteiger partial charge is 0.213 e. The lowest BCUT2D eigenvalue weighted by molar-refractivity contribution is 0.232. The number of nitrogens with zero attached hydrogens (tertiary/aromatic N) is 2. The van der Waals surface area contributed by atoms with E-state index in [-0.39, 0.29) is 35.9 Å². The van der Waals surface area contributed by atoms with Gasteiger partial charge in [-0.2, -0.15) is 0 Å². The maximum absolute atomic E-state index is 13.3. The third kappa shape index (κ3) is 7.15. The van der Waals surface area contributed by atoms with Crippen molar-refractivity contribution in [1.29, 1.82) is 0 Å². The molecule has 2 N–H and O–H groups in total. The second kappa shape index (κ2) is 10.9. The summed E-state index contributed by atoms with van der Waals surface area (Å²) in [6.07, 6.45) is 1.89. The van der Waals surface area contributed by atoms with E-state index in [1.165, 1.54) is 6.07 Å². The zero-order valence-corrected chi connectivity index (χ0v) is 17.9. The first kappa shape index (κ1) is 22.1. The summed E-state index contributed by atoms with van der Waals surface area (Å²) < 4.78 is 18.8. The van der Waals surface area contributed by atoms with Crippen molar-refractivity contribution < 1.29 is 9.13 Å². The van der Waals surface area contributed by atoms with Gasteiger partial charge in [-0.3, -0.25) is 4.99 Å². The van der Waals surface area contributed by atoms with Gasteiger partial charge in [0.1, 0.15) is 5.82 Å². The zero-order chi connectivity index (χ0) is 18.2. The van der Waals surface area contributed by atoms with Gasteiger partial charge in [0.25, 0.3) is 0 Å². The molecule has 7 heteroatoms. The van der Waals surface area contributed by atoms with E-state index in [1.807, 2.05) is 32.0 Å². The number of benzene rings is 1. The van der Waals surface area contributed by atoms with Crippen LogP contribution in [0.15, 0.2) is 41.5 Å². The van der Waals surface area contributed by atoms with Crippen molar-refractivity contribution in [3.8, 4) is 5.88 Å². The first-order valence-corrected chi connectivity index (χ1v) is 8.29. The highest BCUT2D eigenvalue weighted by atomic mass is 127. The van der Waals surface area contributed by atoms with Crippen LogP contribution in [-0.2, 0) is 13.1 Å². The molecule has 0 amide bonds. The third-order valence-corrected chi connectivity index (χ3v) is 3.52. The molecule has 1 aromatic heterocycles. The van der Waals surface area contributed by atoms with Crippen LogP contribution in [0.3, 0.4) is 0 Å². The van der Waals surface area contributed by atoms with E-state index in [4.69, 9.17) is 4.74 Å². The lowest BCUT2D eigenvalue weighted by Crippen LogP contribution is -2.36. The van der Waals surface area contributed by atoms with Gasteiger partial charge >= 0.3 is 0 Å². The van der Waals surface area contributed by atoms with Crippen LogP contribution in [-0.4, -0.2) is 24.1 Å². The Morgan fingerprint density at radius 3 is 2.35 bits per heavy atom. The largest absolute Gasteiger partial charge is 0.475 e. The standard InChI is InChI=1S/C19H25FN4O.HI/c1-13(2)25-18-8-6-16(11-22-18)12-24-19(21-4)23-10-15-5-7-17(20)14(3)9-15;/h5-9,11,13H,10,12H2,1-4H3,(H2,21,23,24);1H. The number of rotatable bonds is 6. The molecule has 0 bridgehead atoms. The van der Waals surface area contributed by atoms with Crippen molar-refractivity contribution in [3.63, 3.8) is 0 Å². The molecule has 0 saturated carbocycles. The monoisotopic (exact) mass is 472 g/mol. The number of aliphatic imine (C=N–C) groups is 1. The Hall–Kier alpha value is -1.90. The molecule has 0 aliphatic heterocycles. The highest BCUT2D eigenvalue weighted by Gasteiger charge is 2.03. The Morgan fingerprint density at radius 2 is 1.81 bits per heavy atom. The van der Waals surface area contributed by atoms with Crippen LogP contribution >= 0.6 is 24.0 Å².